The predicted octanol–water partition coefficient (Wildman–Crippen LogP) is 4.04. The van der Waals surface area contributed by atoms with E-state index in [1.165, 1.54) is 5.56 Å². The second kappa shape index (κ2) is 7.29. The molecule has 4 aromatic rings. The van der Waals surface area contributed by atoms with Crippen LogP contribution in [0.4, 0.5) is 5.69 Å². The van der Waals surface area contributed by atoms with Crippen molar-refractivity contribution in [2.75, 3.05) is 11.4 Å². The Hall–Kier alpha value is -3.48. The predicted molar refractivity (Wildman–Crippen MR) is 126 cm³/mol. The van der Waals surface area contributed by atoms with Gasteiger partial charge < -0.3 is 9.88 Å². The van der Waals surface area contributed by atoms with Gasteiger partial charge in [0.15, 0.2) is 5.82 Å². The molecule has 164 valence electrons. The third-order valence-corrected chi connectivity index (χ3v) is 6.38. The van der Waals surface area contributed by atoms with Gasteiger partial charge in [-0.1, -0.05) is 30.3 Å². The lowest BCUT2D eigenvalue weighted by Crippen LogP contribution is -2.37. The molecular weight excluding hydrogens is 400 g/mol. The molecule has 32 heavy (non-hydrogen) atoms. The summed E-state index contributed by atoms with van der Waals surface area (Å²) in [6.07, 6.45) is 0.924. The fourth-order valence-electron chi connectivity index (χ4n) is 4.72. The van der Waals surface area contributed by atoms with Crippen LogP contribution in [0.15, 0.2) is 47.3 Å². The Morgan fingerprint density at radius 1 is 1.06 bits per heavy atom. The molecule has 0 aliphatic carbocycles. The minimum atomic E-state index is -0.402. The molecule has 7 heteroatoms. The highest BCUT2D eigenvalue weighted by molar-refractivity contribution is 5.85. The monoisotopic (exact) mass is 428 g/mol. The molecule has 0 saturated carbocycles. The Kier molecular flexibility index (Phi) is 4.65. The van der Waals surface area contributed by atoms with Gasteiger partial charge in [-0.05, 0) is 80.3 Å². The fourth-order valence-corrected chi connectivity index (χ4v) is 4.72. The van der Waals surface area contributed by atoms with E-state index in [1.807, 2.05) is 29.8 Å². The van der Waals surface area contributed by atoms with Crippen molar-refractivity contribution in [3.63, 3.8) is 0 Å². The van der Waals surface area contributed by atoms with Gasteiger partial charge in [0.05, 0.1) is 11.1 Å². The first-order valence-corrected chi connectivity index (χ1v) is 11.0. The number of pyridine rings is 1. The first-order chi connectivity index (χ1) is 15.3. The Labute approximate surface area is 187 Å². The second-order valence-corrected chi connectivity index (χ2v) is 9.64. The summed E-state index contributed by atoms with van der Waals surface area (Å²) in [5.41, 5.74) is 5.68. The highest BCUT2D eigenvalue weighted by Gasteiger charge is 2.36. The lowest BCUT2D eigenvalue weighted by molar-refractivity contribution is 0.329. The van der Waals surface area contributed by atoms with E-state index in [0.29, 0.717) is 11.4 Å². The number of H-pyrrole nitrogens is 1. The van der Waals surface area contributed by atoms with Gasteiger partial charge in [-0.3, -0.25) is 4.79 Å². The van der Waals surface area contributed by atoms with E-state index in [2.05, 4.69) is 77.4 Å². The molecular formula is C25H28N6O. The Bertz CT molecular complexity index is 1380. The number of rotatable bonds is 3. The zero-order valence-electron chi connectivity index (χ0n) is 19.2. The molecule has 5 rings (SSSR count). The summed E-state index contributed by atoms with van der Waals surface area (Å²) in [6, 6.07) is 14.1. The summed E-state index contributed by atoms with van der Waals surface area (Å²) >= 11 is 0. The Morgan fingerprint density at radius 3 is 2.59 bits per heavy atom. The average Bonchev–Trinajstić information content (AvgIpc) is 3.40. The number of tetrazole rings is 1. The molecule has 0 saturated heterocycles. The summed E-state index contributed by atoms with van der Waals surface area (Å²) in [5, 5.41) is 13.8. The van der Waals surface area contributed by atoms with E-state index in [-0.39, 0.29) is 11.1 Å². The van der Waals surface area contributed by atoms with Crippen LogP contribution in [0.1, 0.15) is 54.9 Å². The lowest BCUT2D eigenvalue weighted by Gasteiger charge is -2.32. The number of nitrogens with zero attached hydrogens (tertiary/aromatic N) is 5. The summed E-state index contributed by atoms with van der Waals surface area (Å²) in [4.78, 5) is 18.9. The number of nitrogens with one attached hydrogen (secondary N) is 1. The molecule has 0 unspecified atom stereocenters. The van der Waals surface area contributed by atoms with Crippen LogP contribution in [0, 0.1) is 13.8 Å². The van der Waals surface area contributed by atoms with Crippen molar-refractivity contribution in [1.29, 1.82) is 0 Å². The van der Waals surface area contributed by atoms with Crippen LogP contribution in [-0.4, -0.2) is 31.7 Å². The Balaban J connectivity index is 1.79. The van der Waals surface area contributed by atoms with E-state index >= 15 is 0 Å². The van der Waals surface area contributed by atoms with E-state index in [4.69, 9.17) is 0 Å². The highest BCUT2D eigenvalue weighted by atomic mass is 16.1. The SMILES string of the molecule is Cc1ccc(C)c2[nH]c(=O)c([C@H](c3nnnn3C(C)(C)C)N3CCc4ccccc43)cc12. The van der Waals surface area contributed by atoms with Gasteiger partial charge >= 0.3 is 0 Å². The summed E-state index contributed by atoms with van der Waals surface area (Å²) in [5.74, 6) is 0.671. The summed E-state index contributed by atoms with van der Waals surface area (Å²) < 4.78 is 1.84. The van der Waals surface area contributed by atoms with Gasteiger partial charge in [-0.25, -0.2) is 4.68 Å². The van der Waals surface area contributed by atoms with Crippen molar-refractivity contribution < 1.29 is 0 Å². The maximum atomic E-state index is 13.5. The quantitative estimate of drug-likeness (QED) is 0.533. The lowest BCUT2D eigenvalue weighted by atomic mass is 9.98. The maximum absolute atomic E-state index is 13.5. The van der Waals surface area contributed by atoms with Crippen LogP contribution in [0.3, 0.4) is 0 Å². The largest absolute Gasteiger partial charge is 0.357 e. The number of aromatic amines is 1. The van der Waals surface area contributed by atoms with Crippen molar-refractivity contribution in [2.45, 2.75) is 52.6 Å². The number of hydrogen-bond donors (Lipinski definition) is 1. The van der Waals surface area contributed by atoms with Gasteiger partial charge in [0.25, 0.3) is 5.56 Å². The zero-order valence-corrected chi connectivity index (χ0v) is 19.2. The maximum Gasteiger partial charge on any atom is 0.254 e. The molecule has 2 aromatic carbocycles. The number of aryl methyl sites for hydroxylation is 2. The van der Waals surface area contributed by atoms with Crippen LogP contribution >= 0.6 is 0 Å². The van der Waals surface area contributed by atoms with Crippen LogP contribution in [-0.2, 0) is 12.0 Å². The number of para-hydroxylation sites is 1. The third-order valence-electron chi connectivity index (χ3n) is 6.38. The fraction of sp³-hybridized carbons (Fsp3) is 0.360. The van der Waals surface area contributed by atoms with E-state index in [1.54, 1.807) is 0 Å². The van der Waals surface area contributed by atoms with Crippen LogP contribution in [0.2, 0.25) is 0 Å². The van der Waals surface area contributed by atoms with Gasteiger partial charge in [0.1, 0.15) is 6.04 Å². The standard InChI is InChI=1S/C25H28N6O/c1-15-10-11-16(2)21-18(15)14-19(24(32)26-21)22(23-27-28-29-31(23)25(3,4)5)30-13-12-17-8-6-7-9-20(17)30/h6-11,14,22H,12-13H2,1-5H3,(H,26,32)/t22-/m1/s1. The molecule has 2 aromatic heterocycles. The number of anilines is 1. The van der Waals surface area contributed by atoms with Crippen molar-refractivity contribution in [1.82, 2.24) is 25.2 Å². The van der Waals surface area contributed by atoms with Gasteiger partial charge in [0, 0.05) is 23.2 Å². The molecule has 1 N–H and O–H groups in total. The normalized spacial score (nSPS) is 14.7. The highest BCUT2D eigenvalue weighted by Crippen LogP contribution is 2.38. The number of benzene rings is 2. The molecule has 1 aliphatic rings. The van der Waals surface area contributed by atoms with Crippen molar-refractivity contribution in [2.24, 2.45) is 0 Å². The minimum absolute atomic E-state index is 0.107. The first kappa shape index (κ1) is 20.4. The molecule has 1 atom stereocenters. The molecule has 0 amide bonds. The second-order valence-electron chi connectivity index (χ2n) is 9.64. The van der Waals surface area contributed by atoms with Crippen molar-refractivity contribution >= 4 is 16.6 Å². The minimum Gasteiger partial charge on any atom is -0.357 e. The molecule has 0 bridgehead atoms. The molecule has 0 radical (unpaired) electrons. The van der Waals surface area contributed by atoms with Gasteiger partial charge in [0.2, 0.25) is 0 Å². The number of fused-ring (bicyclic) bond motifs is 2. The molecule has 3 heterocycles. The van der Waals surface area contributed by atoms with E-state index < -0.39 is 6.04 Å². The number of hydrogen-bond acceptors (Lipinski definition) is 5. The molecule has 1 aliphatic heterocycles. The topological polar surface area (TPSA) is 79.7 Å². The average molecular weight is 429 g/mol. The van der Waals surface area contributed by atoms with E-state index in [0.717, 1.165) is 40.7 Å². The molecule has 0 fully saturated rings. The van der Waals surface area contributed by atoms with E-state index in [9.17, 15) is 4.79 Å². The van der Waals surface area contributed by atoms with Crippen molar-refractivity contribution in [3.8, 4) is 0 Å². The van der Waals surface area contributed by atoms with Crippen LogP contribution in [0.5, 0.6) is 0 Å². The number of aromatic nitrogens is 5. The van der Waals surface area contributed by atoms with Crippen LogP contribution < -0.4 is 10.5 Å². The molecule has 0 spiro atoms. The zero-order chi connectivity index (χ0) is 22.6. The summed E-state index contributed by atoms with van der Waals surface area (Å²) in [6.45, 7) is 11.1. The Morgan fingerprint density at radius 2 is 1.81 bits per heavy atom. The van der Waals surface area contributed by atoms with Crippen LogP contribution in [0.25, 0.3) is 10.9 Å². The summed E-state index contributed by atoms with van der Waals surface area (Å²) in [7, 11) is 0. The van der Waals surface area contributed by atoms with Gasteiger partial charge in [-0.15, -0.1) is 5.10 Å². The van der Waals surface area contributed by atoms with Gasteiger partial charge in [-0.2, -0.15) is 0 Å². The van der Waals surface area contributed by atoms with Crippen molar-refractivity contribution in [3.05, 3.63) is 80.9 Å². The molecule has 7 nitrogen and oxygen atoms in total. The smallest absolute Gasteiger partial charge is 0.254 e. The third kappa shape index (κ3) is 3.20. The first-order valence-electron chi connectivity index (χ1n) is 11.0.